The maximum Gasteiger partial charge on any atom is 0.363 e. The molecule has 1 N–H and O–H groups in total. The number of aromatic hydroxyl groups is 1. The highest BCUT2D eigenvalue weighted by molar-refractivity contribution is 5.77. The third kappa shape index (κ3) is 3.26. The maximum absolute atomic E-state index is 13.1. The molecule has 4 heteroatoms. The number of rotatable bonds is 5. The molecule has 1 aliphatic rings. The van der Waals surface area contributed by atoms with Crippen LogP contribution in [0.4, 0.5) is 5.69 Å². The van der Waals surface area contributed by atoms with Crippen molar-refractivity contribution in [3.63, 3.8) is 0 Å². The van der Waals surface area contributed by atoms with Crippen LogP contribution < -0.4 is 10.5 Å². The average Bonchev–Trinajstić information content (AvgIpc) is 3.14. The second kappa shape index (κ2) is 7.56. The van der Waals surface area contributed by atoms with Gasteiger partial charge >= 0.3 is 5.63 Å². The van der Waals surface area contributed by atoms with E-state index in [1.807, 2.05) is 89.8 Å². The minimum atomic E-state index is -0.519. The van der Waals surface area contributed by atoms with Crippen molar-refractivity contribution in [1.82, 2.24) is 0 Å². The van der Waals surface area contributed by atoms with Crippen molar-refractivity contribution in [2.45, 2.75) is 19.5 Å². The van der Waals surface area contributed by atoms with E-state index in [0.717, 1.165) is 22.3 Å². The molecular weight excluding hydrogens is 374 g/mol. The van der Waals surface area contributed by atoms with E-state index in [2.05, 4.69) is 0 Å². The van der Waals surface area contributed by atoms with E-state index in [1.165, 1.54) is 0 Å². The average molecular weight is 395 g/mol. The zero-order chi connectivity index (χ0) is 20.5. The molecule has 0 saturated carbocycles. The Morgan fingerprint density at radius 3 is 2.00 bits per heavy atom. The Hall–Kier alpha value is -3.79. The Kier molecular flexibility index (Phi) is 4.60. The minimum Gasteiger partial charge on any atom is -0.505 e. The van der Waals surface area contributed by atoms with E-state index in [-0.39, 0.29) is 11.4 Å². The first kappa shape index (κ1) is 18.3. The molecule has 1 aromatic heterocycles. The van der Waals surface area contributed by atoms with Gasteiger partial charge < -0.3 is 14.4 Å². The van der Waals surface area contributed by atoms with Gasteiger partial charge in [0.15, 0.2) is 11.4 Å². The van der Waals surface area contributed by atoms with Crippen molar-refractivity contribution < 1.29 is 9.52 Å². The second-order valence-corrected chi connectivity index (χ2v) is 7.56. The quantitative estimate of drug-likeness (QED) is 0.449. The fourth-order valence-corrected chi connectivity index (χ4v) is 4.12. The summed E-state index contributed by atoms with van der Waals surface area (Å²) in [7, 11) is 0. The Bertz CT molecular complexity index is 1210. The van der Waals surface area contributed by atoms with E-state index in [0.29, 0.717) is 30.8 Å². The molecule has 0 atom stereocenters. The van der Waals surface area contributed by atoms with Crippen LogP contribution in [0.5, 0.6) is 5.75 Å². The fraction of sp³-hybridized carbons (Fsp3) is 0.115. The Morgan fingerprint density at radius 1 is 0.800 bits per heavy atom. The summed E-state index contributed by atoms with van der Waals surface area (Å²) in [5.74, 6) is 0.500. The molecule has 4 nitrogen and oxygen atoms in total. The number of benzene rings is 3. The third-order valence-corrected chi connectivity index (χ3v) is 5.55. The Balaban J connectivity index is 1.61. The Labute approximate surface area is 174 Å². The molecule has 0 aliphatic heterocycles. The van der Waals surface area contributed by atoms with Crippen molar-refractivity contribution in [3.05, 3.63) is 118 Å². The van der Waals surface area contributed by atoms with Crippen molar-refractivity contribution in [1.29, 1.82) is 0 Å². The minimum absolute atomic E-state index is 0.0179. The molecule has 1 aliphatic carbocycles. The Morgan fingerprint density at radius 2 is 1.37 bits per heavy atom. The molecule has 0 amide bonds. The van der Waals surface area contributed by atoms with Crippen LogP contribution in [0.25, 0.3) is 11.3 Å². The first-order valence-corrected chi connectivity index (χ1v) is 10.0. The predicted octanol–water partition coefficient (Wildman–Crippen LogP) is 5.12. The molecule has 5 rings (SSSR count). The van der Waals surface area contributed by atoms with Crippen molar-refractivity contribution in [2.75, 3.05) is 4.90 Å². The van der Waals surface area contributed by atoms with Gasteiger partial charge in [0.1, 0.15) is 5.76 Å². The molecule has 0 bridgehead atoms. The topological polar surface area (TPSA) is 53.7 Å². The highest BCUT2D eigenvalue weighted by Crippen LogP contribution is 2.43. The van der Waals surface area contributed by atoms with Gasteiger partial charge in [-0.25, -0.2) is 4.79 Å². The van der Waals surface area contributed by atoms with Gasteiger partial charge in [0.25, 0.3) is 0 Å². The van der Waals surface area contributed by atoms with Crippen LogP contribution in [-0.4, -0.2) is 5.11 Å². The van der Waals surface area contributed by atoms with Gasteiger partial charge in [-0.3, -0.25) is 0 Å². The number of fused-ring (bicyclic) bond motifs is 3. The zero-order valence-electron chi connectivity index (χ0n) is 16.4. The van der Waals surface area contributed by atoms with Gasteiger partial charge in [0, 0.05) is 30.6 Å². The number of anilines is 1. The number of hydrogen-bond acceptors (Lipinski definition) is 4. The van der Waals surface area contributed by atoms with Crippen LogP contribution in [-0.2, 0) is 19.5 Å². The van der Waals surface area contributed by atoms with E-state index in [1.54, 1.807) is 0 Å². The lowest BCUT2D eigenvalue weighted by Crippen LogP contribution is -2.27. The summed E-state index contributed by atoms with van der Waals surface area (Å²) < 4.78 is 5.76. The van der Waals surface area contributed by atoms with Crippen LogP contribution in [0.2, 0.25) is 0 Å². The zero-order valence-corrected chi connectivity index (χ0v) is 16.4. The van der Waals surface area contributed by atoms with Crippen LogP contribution >= 0.6 is 0 Å². The van der Waals surface area contributed by atoms with E-state index in [4.69, 9.17) is 4.42 Å². The third-order valence-electron chi connectivity index (χ3n) is 5.55. The summed E-state index contributed by atoms with van der Waals surface area (Å²) in [4.78, 5) is 15.0. The van der Waals surface area contributed by atoms with Crippen LogP contribution in [0.3, 0.4) is 0 Å². The first-order valence-electron chi connectivity index (χ1n) is 10.0. The molecule has 0 saturated heterocycles. The summed E-state index contributed by atoms with van der Waals surface area (Å²) in [6, 6.07) is 27.7. The van der Waals surface area contributed by atoms with Crippen LogP contribution in [0, 0.1) is 0 Å². The van der Waals surface area contributed by atoms with Crippen molar-refractivity contribution >= 4 is 5.69 Å². The number of nitrogens with zero attached hydrogens (tertiary/aromatic N) is 1. The summed E-state index contributed by atoms with van der Waals surface area (Å²) in [6.07, 6.45) is 0.554. The largest absolute Gasteiger partial charge is 0.505 e. The lowest BCUT2D eigenvalue weighted by Gasteiger charge is -2.25. The molecule has 0 radical (unpaired) electrons. The molecule has 3 aromatic carbocycles. The fourth-order valence-electron chi connectivity index (χ4n) is 4.12. The maximum atomic E-state index is 13.1. The molecule has 30 heavy (non-hydrogen) atoms. The standard InChI is InChI=1S/C26H21NO3/c28-24-22-15-20-13-7-8-14-21(20)25(22)30-26(29)23(24)27(16-18-9-3-1-4-10-18)17-19-11-5-2-6-12-19/h1-14,28H,15-17H2. The van der Waals surface area contributed by atoms with Gasteiger partial charge in [-0.05, 0) is 16.7 Å². The normalized spacial score (nSPS) is 11.7. The molecule has 0 fully saturated rings. The van der Waals surface area contributed by atoms with Crippen molar-refractivity contribution in [3.8, 4) is 17.1 Å². The molecule has 1 heterocycles. The van der Waals surface area contributed by atoms with Crippen molar-refractivity contribution in [2.24, 2.45) is 0 Å². The predicted molar refractivity (Wildman–Crippen MR) is 118 cm³/mol. The van der Waals surface area contributed by atoms with Crippen LogP contribution in [0.1, 0.15) is 22.3 Å². The SMILES string of the molecule is O=c1oc2c(c(O)c1N(Cc1ccccc1)Cc1ccccc1)Cc1ccccc1-2. The molecule has 0 unspecified atom stereocenters. The first-order chi connectivity index (χ1) is 14.7. The summed E-state index contributed by atoms with van der Waals surface area (Å²) >= 11 is 0. The van der Waals surface area contributed by atoms with E-state index in [9.17, 15) is 9.90 Å². The van der Waals surface area contributed by atoms with Gasteiger partial charge in [-0.15, -0.1) is 0 Å². The van der Waals surface area contributed by atoms with Crippen LogP contribution in [0.15, 0.2) is 94.1 Å². The van der Waals surface area contributed by atoms with Gasteiger partial charge in [-0.2, -0.15) is 0 Å². The van der Waals surface area contributed by atoms with E-state index >= 15 is 0 Å². The molecular formula is C26H21NO3. The highest BCUT2D eigenvalue weighted by Gasteiger charge is 2.29. The summed E-state index contributed by atoms with van der Waals surface area (Å²) in [5.41, 5.74) is 4.41. The molecule has 148 valence electrons. The lowest BCUT2D eigenvalue weighted by molar-refractivity contribution is 0.444. The van der Waals surface area contributed by atoms with Gasteiger partial charge in [-0.1, -0.05) is 84.9 Å². The van der Waals surface area contributed by atoms with Gasteiger partial charge in [0.05, 0.1) is 0 Å². The smallest absolute Gasteiger partial charge is 0.363 e. The highest BCUT2D eigenvalue weighted by atomic mass is 16.4. The summed E-state index contributed by atoms with van der Waals surface area (Å²) in [5, 5.41) is 11.2. The molecule has 4 aromatic rings. The molecule has 0 spiro atoms. The van der Waals surface area contributed by atoms with Gasteiger partial charge in [0.2, 0.25) is 0 Å². The second-order valence-electron chi connectivity index (χ2n) is 7.56. The lowest BCUT2D eigenvalue weighted by atomic mass is 10.1. The monoisotopic (exact) mass is 395 g/mol. The van der Waals surface area contributed by atoms with E-state index < -0.39 is 5.63 Å². The summed E-state index contributed by atoms with van der Waals surface area (Å²) in [6.45, 7) is 0.972. The number of hydrogen-bond donors (Lipinski definition) is 1.